The number of nitrogens with one attached hydrogen (secondary N) is 1. The van der Waals surface area contributed by atoms with Gasteiger partial charge in [0.05, 0.1) is 5.03 Å². The van der Waals surface area contributed by atoms with Gasteiger partial charge in [-0.05, 0) is 12.1 Å². The molecule has 0 saturated heterocycles. The average molecular weight is 201 g/mol. The molecule has 1 rings (SSSR count). The molecule has 1 amide bonds. The smallest absolute Gasteiger partial charge is 0.267 e. The number of nitrogens with zero attached hydrogens (tertiary/aromatic N) is 1. The van der Waals surface area contributed by atoms with Gasteiger partial charge in [-0.2, -0.15) is 4.39 Å². The van der Waals surface area contributed by atoms with Crippen LogP contribution in [0.4, 0.5) is 10.2 Å². The summed E-state index contributed by atoms with van der Waals surface area (Å²) in [4.78, 5) is 14.3. The molecule has 0 aliphatic carbocycles. The molecule has 1 aromatic heterocycles. The molecule has 0 atom stereocenters. The lowest BCUT2D eigenvalue weighted by Crippen LogP contribution is -2.12. The predicted octanol–water partition coefficient (Wildman–Crippen LogP) is 1.91. The Bertz CT molecular complexity index is 354. The number of carbonyl (C=O) groups is 1. The number of hydrogen-bond acceptors (Lipinski definition) is 2. The first-order valence-electron chi connectivity index (χ1n) is 3.38. The van der Waals surface area contributed by atoms with Gasteiger partial charge in [-0.3, -0.25) is 4.79 Å². The summed E-state index contributed by atoms with van der Waals surface area (Å²) in [5, 5.41) is 2.09. The highest BCUT2D eigenvalue weighted by Gasteiger charge is 2.05. The highest BCUT2D eigenvalue weighted by atomic mass is 35.5. The third-order valence-electron chi connectivity index (χ3n) is 1.20. The lowest BCUT2D eigenvalue weighted by molar-refractivity contribution is -0.112. The van der Waals surface area contributed by atoms with Crippen LogP contribution in [-0.4, -0.2) is 10.9 Å². The van der Waals surface area contributed by atoms with Crippen LogP contribution >= 0.6 is 11.6 Å². The molecule has 1 N–H and O–H groups in total. The number of amides is 1. The van der Waals surface area contributed by atoms with Gasteiger partial charge < -0.3 is 5.32 Å². The molecule has 5 heteroatoms. The van der Waals surface area contributed by atoms with E-state index in [0.29, 0.717) is 0 Å². The van der Waals surface area contributed by atoms with Crippen LogP contribution in [0.2, 0.25) is 0 Å². The van der Waals surface area contributed by atoms with Gasteiger partial charge in [0.2, 0.25) is 5.95 Å². The fraction of sp³-hybridized carbons (Fsp3) is 0. The maximum absolute atomic E-state index is 12.5. The van der Waals surface area contributed by atoms with E-state index in [4.69, 9.17) is 11.6 Å². The van der Waals surface area contributed by atoms with Crippen LogP contribution in [0.1, 0.15) is 0 Å². The van der Waals surface area contributed by atoms with Crippen molar-refractivity contribution in [2.24, 2.45) is 0 Å². The van der Waals surface area contributed by atoms with Gasteiger partial charge in [0, 0.05) is 0 Å². The quantitative estimate of drug-likeness (QED) is 0.585. The van der Waals surface area contributed by atoms with E-state index in [1.165, 1.54) is 18.2 Å². The Balaban J connectivity index is 2.75. The van der Waals surface area contributed by atoms with E-state index < -0.39 is 11.9 Å². The first-order valence-corrected chi connectivity index (χ1v) is 3.75. The Morgan fingerprint density at radius 2 is 2.31 bits per heavy atom. The fourth-order valence-electron chi connectivity index (χ4n) is 0.662. The van der Waals surface area contributed by atoms with E-state index in [0.717, 1.165) is 0 Å². The van der Waals surface area contributed by atoms with Crippen LogP contribution in [0.5, 0.6) is 0 Å². The molecule has 1 heterocycles. The molecule has 0 aromatic carbocycles. The van der Waals surface area contributed by atoms with Gasteiger partial charge in [-0.1, -0.05) is 24.2 Å². The van der Waals surface area contributed by atoms with Crippen molar-refractivity contribution in [3.63, 3.8) is 0 Å². The van der Waals surface area contributed by atoms with Gasteiger partial charge in [-0.25, -0.2) is 4.98 Å². The topological polar surface area (TPSA) is 42.0 Å². The second-order valence-electron chi connectivity index (χ2n) is 2.20. The van der Waals surface area contributed by atoms with Gasteiger partial charge >= 0.3 is 0 Å². The van der Waals surface area contributed by atoms with E-state index in [-0.39, 0.29) is 10.9 Å². The van der Waals surface area contributed by atoms with Crippen molar-refractivity contribution in [2.45, 2.75) is 0 Å². The minimum Gasteiger partial charge on any atom is -0.306 e. The van der Waals surface area contributed by atoms with Crippen LogP contribution in [0, 0.1) is 5.95 Å². The molecular weight excluding hydrogens is 195 g/mol. The zero-order chi connectivity index (χ0) is 9.84. The highest BCUT2D eigenvalue weighted by molar-refractivity contribution is 6.43. The Hall–Kier alpha value is -1.42. The average Bonchev–Trinajstić information content (AvgIpc) is 2.04. The SMILES string of the molecule is C=C(Cl)C(=O)Nc1cccc(F)n1. The monoisotopic (exact) mass is 200 g/mol. The molecule has 0 unspecified atom stereocenters. The van der Waals surface area contributed by atoms with E-state index in [2.05, 4.69) is 16.9 Å². The lowest BCUT2D eigenvalue weighted by atomic mass is 10.4. The Morgan fingerprint density at radius 3 is 2.85 bits per heavy atom. The molecule has 0 saturated carbocycles. The zero-order valence-electron chi connectivity index (χ0n) is 6.55. The van der Waals surface area contributed by atoms with Crippen molar-refractivity contribution in [2.75, 3.05) is 5.32 Å². The molecule has 13 heavy (non-hydrogen) atoms. The Labute approximate surface area is 79.2 Å². The van der Waals surface area contributed by atoms with Crippen molar-refractivity contribution in [3.8, 4) is 0 Å². The summed E-state index contributed by atoms with van der Waals surface area (Å²) in [5.74, 6) is -1.16. The normalized spacial score (nSPS) is 9.38. The van der Waals surface area contributed by atoms with E-state index in [9.17, 15) is 9.18 Å². The number of aromatic nitrogens is 1. The summed E-state index contributed by atoms with van der Waals surface area (Å²) in [6.45, 7) is 3.21. The maximum atomic E-state index is 12.5. The van der Waals surface area contributed by atoms with Crippen LogP contribution in [0.3, 0.4) is 0 Å². The molecule has 3 nitrogen and oxygen atoms in total. The minimum absolute atomic E-state index is 0.104. The van der Waals surface area contributed by atoms with E-state index >= 15 is 0 Å². The molecule has 0 aliphatic rings. The lowest BCUT2D eigenvalue weighted by Gasteiger charge is -2.01. The van der Waals surface area contributed by atoms with Crippen molar-refractivity contribution >= 4 is 23.3 Å². The number of anilines is 1. The van der Waals surface area contributed by atoms with Gasteiger partial charge in [0.25, 0.3) is 5.91 Å². The molecule has 1 aromatic rings. The standard InChI is InChI=1S/C8H6ClFN2O/c1-5(9)8(13)12-7-4-2-3-6(10)11-7/h2-4H,1H2,(H,11,12,13). The van der Waals surface area contributed by atoms with Crippen molar-refractivity contribution in [1.29, 1.82) is 0 Å². The van der Waals surface area contributed by atoms with E-state index in [1.807, 2.05) is 0 Å². The minimum atomic E-state index is -0.669. The molecule has 0 fully saturated rings. The van der Waals surface area contributed by atoms with Crippen LogP contribution < -0.4 is 5.32 Å². The van der Waals surface area contributed by atoms with Gasteiger partial charge in [-0.15, -0.1) is 0 Å². The summed E-state index contributed by atoms with van der Waals surface area (Å²) in [6, 6.07) is 4.04. The van der Waals surface area contributed by atoms with Crippen molar-refractivity contribution in [1.82, 2.24) is 4.98 Å². The van der Waals surface area contributed by atoms with Gasteiger partial charge in [0.15, 0.2) is 0 Å². The summed E-state index contributed by atoms with van der Waals surface area (Å²) in [6.07, 6.45) is 0. The predicted molar refractivity (Wildman–Crippen MR) is 47.8 cm³/mol. The highest BCUT2D eigenvalue weighted by Crippen LogP contribution is 2.06. The number of halogens is 2. The van der Waals surface area contributed by atoms with Crippen molar-refractivity contribution < 1.29 is 9.18 Å². The summed E-state index contributed by atoms with van der Waals surface area (Å²) in [7, 11) is 0. The Morgan fingerprint density at radius 1 is 1.62 bits per heavy atom. The molecule has 0 spiro atoms. The first-order chi connectivity index (χ1) is 6.09. The van der Waals surface area contributed by atoms with Crippen LogP contribution in [0.25, 0.3) is 0 Å². The molecule has 0 radical (unpaired) electrons. The van der Waals surface area contributed by atoms with E-state index in [1.54, 1.807) is 0 Å². The third kappa shape index (κ3) is 2.83. The molecule has 0 aliphatic heterocycles. The number of hydrogen-bond donors (Lipinski definition) is 1. The number of rotatable bonds is 2. The van der Waals surface area contributed by atoms with Crippen LogP contribution in [-0.2, 0) is 4.79 Å². The molecule has 0 bridgehead atoms. The van der Waals surface area contributed by atoms with Crippen molar-refractivity contribution in [3.05, 3.63) is 35.8 Å². The third-order valence-corrected chi connectivity index (χ3v) is 1.37. The number of carbonyl (C=O) groups excluding carboxylic acids is 1. The second kappa shape index (κ2) is 4.00. The molecular formula is C8H6ClFN2O. The second-order valence-corrected chi connectivity index (χ2v) is 2.66. The summed E-state index contributed by atoms with van der Waals surface area (Å²) >= 11 is 5.29. The maximum Gasteiger partial charge on any atom is 0.267 e. The summed E-state index contributed by atoms with van der Waals surface area (Å²) in [5.41, 5.74) is 0. The van der Waals surface area contributed by atoms with Gasteiger partial charge in [0.1, 0.15) is 5.82 Å². The summed E-state index contributed by atoms with van der Waals surface area (Å²) < 4.78 is 12.5. The van der Waals surface area contributed by atoms with Crippen LogP contribution in [0.15, 0.2) is 29.8 Å². The fourth-order valence-corrected chi connectivity index (χ4v) is 0.709. The molecule has 68 valence electrons. The Kier molecular flexibility index (Phi) is 2.97. The largest absolute Gasteiger partial charge is 0.306 e. The zero-order valence-corrected chi connectivity index (χ0v) is 7.31. The first kappa shape index (κ1) is 9.67. The number of pyridine rings is 1.